The van der Waals surface area contributed by atoms with E-state index in [4.69, 9.17) is 38.3 Å². The van der Waals surface area contributed by atoms with Crippen LogP contribution in [0.2, 0.25) is 0 Å². The molecule has 4 saturated heterocycles. The standard InChI is InChI=1S/2C10H14O7.C2HF3O2.H2O/c1-3(11)15-7-5(13)10-8(16-4(2)12)6(14)9(7)17-10;1-3(11)15-8-5(13)7-6(14)9(10(8)17-7)16-4(2)12;3-2(4,5)1(6)7;/h2*5-10,13-14H,1-2H3;(H,6,7);1H2/t5-,6?,7?,8?,9?,10+;5-,6?,7?,8?,9?,10?;;/m01../s1. The Bertz CT molecular complexity index is 943. The average molecular weight is 624 g/mol. The minimum Gasteiger partial charge on any atom is -0.475 e. The zero-order valence-corrected chi connectivity index (χ0v) is 22.3. The Morgan fingerprint density at radius 2 is 0.762 bits per heavy atom. The molecule has 4 aliphatic heterocycles. The number of fused-ring (bicyclic) bond motifs is 4. The largest absolute Gasteiger partial charge is 0.490 e. The number of aliphatic hydroxyl groups is 4. The van der Waals surface area contributed by atoms with Crippen molar-refractivity contribution in [2.24, 2.45) is 0 Å². The third-order valence-electron chi connectivity index (χ3n) is 6.07. The molecule has 0 aromatic carbocycles. The highest BCUT2D eigenvalue weighted by Crippen LogP contribution is 2.40. The monoisotopic (exact) mass is 624 g/mol. The van der Waals surface area contributed by atoms with Gasteiger partial charge in [0.1, 0.15) is 48.8 Å². The van der Waals surface area contributed by atoms with Gasteiger partial charge in [-0.05, 0) is 0 Å². The number of hydrogen-bond acceptors (Lipinski definition) is 15. The van der Waals surface area contributed by atoms with E-state index >= 15 is 0 Å². The fraction of sp³-hybridized carbons (Fsp3) is 0.773. The van der Waals surface area contributed by atoms with E-state index in [1.807, 2.05) is 0 Å². The molecule has 0 spiro atoms. The Balaban J connectivity index is 0.000000338. The molecule has 7 N–H and O–H groups in total. The van der Waals surface area contributed by atoms with Crippen molar-refractivity contribution in [1.29, 1.82) is 0 Å². The number of carbonyl (C=O) groups excluding carboxylic acids is 4. The second-order valence-corrected chi connectivity index (χ2v) is 9.19. The number of ether oxygens (including phenoxy) is 6. The summed E-state index contributed by atoms with van der Waals surface area (Å²) in [5.74, 6) is -5.03. The number of aliphatic hydroxyl groups excluding tert-OH is 4. The smallest absolute Gasteiger partial charge is 0.475 e. The van der Waals surface area contributed by atoms with E-state index in [2.05, 4.69) is 0 Å². The van der Waals surface area contributed by atoms with Crippen LogP contribution < -0.4 is 0 Å². The number of aliphatic carboxylic acids is 1. The molecule has 17 nitrogen and oxygen atoms in total. The summed E-state index contributed by atoms with van der Waals surface area (Å²) in [6.07, 6.45) is -16.6. The number of hydrogen-bond donors (Lipinski definition) is 5. The first-order valence-electron chi connectivity index (χ1n) is 11.8. The van der Waals surface area contributed by atoms with Gasteiger partial charge in [-0.25, -0.2) is 4.79 Å². The van der Waals surface area contributed by atoms with Crippen LogP contribution in [0.5, 0.6) is 0 Å². The molecule has 20 heteroatoms. The topological polar surface area (TPSA) is 273 Å². The minimum absolute atomic E-state index is 0. The van der Waals surface area contributed by atoms with E-state index in [9.17, 15) is 52.8 Å². The fourth-order valence-corrected chi connectivity index (χ4v) is 4.61. The maximum absolute atomic E-state index is 10.9. The molecule has 4 heterocycles. The summed E-state index contributed by atoms with van der Waals surface area (Å²) < 4.78 is 61.8. The average Bonchev–Trinajstić information content (AvgIpc) is 3.50. The van der Waals surface area contributed by atoms with Gasteiger partial charge < -0.3 is 59.4 Å². The maximum atomic E-state index is 10.9. The summed E-state index contributed by atoms with van der Waals surface area (Å²) in [6.45, 7) is 4.81. The molecule has 42 heavy (non-hydrogen) atoms. The van der Waals surface area contributed by atoms with Gasteiger partial charge >= 0.3 is 36.0 Å². The second kappa shape index (κ2) is 14.4. The Morgan fingerprint density at radius 3 is 0.976 bits per heavy atom. The van der Waals surface area contributed by atoms with Crippen LogP contribution in [0, 0.1) is 0 Å². The maximum Gasteiger partial charge on any atom is 0.490 e. The van der Waals surface area contributed by atoms with E-state index in [1.165, 1.54) is 27.7 Å². The van der Waals surface area contributed by atoms with E-state index in [1.54, 1.807) is 0 Å². The molecule has 4 rings (SSSR count). The van der Waals surface area contributed by atoms with E-state index in [0.717, 1.165) is 0 Å². The van der Waals surface area contributed by atoms with Gasteiger partial charge in [0.2, 0.25) is 0 Å². The van der Waals surface area contributed by atoms with Crippen LogP contribution in [-0.2, 0) is 52.4 Å². The Morgan fingerprint density at radius 1 is 0.548 bits per heavy atom. The SMILES string of the molecule is CC(=O)OC1C(O)C2OC1C(OC(C)=O)[C@@H]2O.CC(=O)OC1C2O[C@@H](C(OC(C)=O)C2O)[C@H]1O.O.O=C(O)C(F)(F)F. The molecule has 0 aromatic rings. The number of rotatable bonds is 4. The number of esters is 4. The number of alkyl halides is 3. The lowest BCUT2D eigenvalue weighted by Crippen LogP contribution is -2.55. The number of carboxylic acids is 1. The van der Waals surface area contributed by atoms with Gasteiger partial charge in [0.05, 0.1) is 0 Å². The molecule has 0 saturated carbocycles. The lowest BCUT2D eigenvalue weighted by atomic mass is 9.89. The summed E-state index contributed by atoms with van der Waals surface area (Å²) in [7, 11) is 0. The van der Waals surface area contributed by atoms with Crippen molar-refractivity contribution < 1.29 is 96.6 Å². The summed E-state index contributed by atoms with van der Waals surface area (Å²) in [5.41, 5.74) is 0. The number of carbonyl (C=O) groups is 5. The lowest BCUT2D eigenvalue weighted by Gasteiger charge is -2.31. The summed E-state index contributed by atoms with van der Waals surface area (Å²) >= 11 is 0. The van der Waals surface area contributed by atoms with Crippen molar-refractivity contribution in [3.8, 4) is 0 Å². The molecular formula is C22H31F3O17. The molecule has 0 amide bonds. The molecule has 0 aromatic heterocycles. The summed E-state index contributed by atoms with van der Waals surface area (Å²) in [4.78, 5) is 52.3. The Kier molecular flexibility index (Phi) is 12.6. The van der Waals surface area contributed by atoms with Crippen molar-refractivity contribution in [1.82, 2.24) is 0 Å². The van der Waals surface area contributed by atoms with E-state index < -0.39 is 109 Å². The Labute approximate surface area is 234 Å². The van der Waals surface area contributed by atoms with Crippen molar-refractivity contribution in [2.75, 3.05) is 0 Å². The zero-order valence-electron chi connectivity index (χ0n) is 22.3. The zero-order chi connectivity index (χ0) is 31.6. The number of carboxylic acid groups (broad SMARTS) is 1. The lowest BCUT2D eigenvalue weighted by molar-refractivity contribution is -0.192. The fourth-order valence-electron chi connectivity index (χ4n) is 4.61. The van der Waals surface area contributed by atoms with Crippen LogP contribution in [0.4, 0.5) is 13.2 Å². The van der Waals surface area contributed by atoms with Gasteiger partial charge in [0.15, 0.2) is 24.4 Å². The predicted molar refractivity (Wildman–Crippen MR) is 121 cm³/mol. The quantitative estimate of drug-likeness (QED) is 0.150. The molecule has 12 atom stereocenters. The molecular weight excluding hydrogens is 593 g/mol. The van der Waals surface area contributed by atoms with Crippen LogP contribution in [0.1, 0.15) is 27.7 Å². The van der Waals surface area contributed by atoms with Crippen LogP contribution in [0.25, 0.3) is 0 Å². The van der Waals surface area contributed by atoms with Crippen molar-refractivity contribution in [2.45, 2.75) is 107 Å². The van der Waals surface area contributed by atoms with Crippen LogP contribution >= 0.6 is 0 Å². The Hall–Kier alpha value is -3.14. The van der Waals surface area contributed by atoms with Gasteiger partial charge in [-0.2, -0.15) is 13.2 Å². The minimum atomic E-state index is -5.08. The third kappa shape index (κ3) is 8.46. The molecule has 242 valence electrons. The van der Waals surface area contributed by atoms with Crippen molar-refractivity contribution in [3.63, 3.8) is 0 Å². The highest BCUT2D eigenvalue weighted by atomic mass is 19.4. The summed E-state index contributed by atoms with van der Waals surface area (Å²) in [5, 5.41) is 46.3. The molecule has 4 aliphatic rings. The molecule has 0 radical (unpaired) electrons. The van der Waals surface area contributed by atoms with Gasteiger partial charge in [0.25, 0.3) is 0 Å². The van der Waals surface area contributed by atoms with E-state index in [-0.39, 0.29) is 5.48 Å². The van der Waals surface area contributed by atoms with Gasteiger partial charge in [-0.1, -0.05) is 0 Å². The molecule has 4 fully saturated rings. The normalized spacial score (nSPS) is 37.1. The first-order valence-corrected chi connectivity index (χ1v) is 11.8. The molecule has 0 aliphatic carbocycles. The summed E-state index contributed by atoms with van der Waals surface area (Å²) in [6, 6.07) is 0. The molecule has 4 bridgehead atoms. The predicted octanol–water partition coefficient (Wildman–Crippen LogP) is -3.49. The van der Waals surface area contributed by atoms with Crippen LogP contribution in [0.15, 0.2) is 0 Å². The van der Waals surface area contributed by atoms with E-state index in [0.29, 0.717) is 0 Å². The van der Waals surface area contributed by atoms with Gasteiger partial charge in [0, 0.05) is 27.7 Å². The van der Waals surface area contributed by atoms with Gasteiger partial charge in [-0.3, -0.25) is 19.2 Å². The first-order chi connectivity index (χ1) is 18.8. The molecule has 9 unspecified atom stereocenters. The van der Waals surface area contributed by atoms with Crippen LogP contribution in [-0.4, -0.2) is 140 Å². The van der Waals surface area contributed by atoms with Crippen molar-refractivity contribution >= 4 is 29.8 Å². The first kappa shape index (κ1) is 36.9. The van der Waals surface area contributed by atoms with Gasteiger partial charge in [-0.15, -0.1) is 0 Å². The van der Waals surface area contributed by atoms with Crippen molar-refractivity contribution in [3.05, 3.63) is 0 Å². The highest BCUT2D eigenvalue weighted by Gasteiger charge is 2.63. The third-order valence-corrected chi connectivity index (χ3v) is 6.07. The second-order valence-electron chi connectivity index (χ2n) is 9.19. The highest BCUT2D eigenvalue weighted by molar-refractivity contribution is 5.73. The van der Waals surface area contributed by atoms with Crippen LogP contribution in [0.3, 0.4) is 0 Å². The number of halogens is 3.